The maximum atomic E-state index is 10.5. The summed E-state index contributed by atoms with van der Waals surface area (Å²) < 4.78 is 9.86. The molecule has 1 aromatic carbocycles. The number of hydrogen-bond acceptors (Lipinski definition) is 8. The molecule has 1 rings (SSSR count). The number of rotatable bonds is 7. The predicted octanol–water partition coefficient (Wildman–Crippen LogP) is 2.52. The minimum Gasteiger partial charge on any atom is -0.504 e. The molecule has 1 aromatic rings. The van der Waals surface area contributed by atoms with Crippen LogP contribution in [0.25, 0.3) is 0 Å². The van der Waals surface area contributed by atoms with E-state index in [0.717, 1.165) is 12.1 Å². The number of carbonyl (C=O) groups is 1. The first-order valence-electron chi connectivity index (χ1n) is 5.38. The third-order valence-corrected chi connectivity index (χ3v) is 2.10. The van der Waals surface area contributed by atoms with E-state index >= 15 is 0 Å². The molecule has 0 aliphatic heterocycles. The van der Waals surface area contributed by atoms with Crippen LogP contribution in [0.5, 0.6) is 11.5 Å². The first-order chi connectivity index (χ1) is 9.08. The molecule has 0 unspecified atom stereocenters. The third-order valence-electron chi connectivity index (χ3n) is 2.10. The van der Waals surface area contributed by atoms with Gasteiger partial charge in [-0.15, -0.1) is 9.81 Å². The first kappa shape index (κ1) is 14.6. The molecule has 0 spiro atoms. The highest BCUT2D eigenvalue weighted by atomic mass is 16.5. The maximum Gasteiger partial charge on any atom is 0.302 e. The Bertz CT molecular complexity index is 488. The molecular formula is C11H12N2O6. The molecule has 8 heteroatoms. The SMILES string of the molecule is CC(=O)OCCCOc1cc(N=O)c(N=O)cc1O. The van der Waals surface area contributed by atoms with E-state index in [4.69, 9.17) is 4.74 Å². The Morgan fingerprint density at radius 3 is 2.42 bits per heavy atom. The molecule has 0 aliphatic rings. The van der Waals surface area contributed by atoms with E-state index < -0.39 is 5.97 Å². The lowest BCUT2D eigenvalue weighted by atomic mass is 10.2. The number of benzene rings is 1. The number of carbonyl (C=O) groups excluding carboxylic acids is 1. The number of nitroso groups, excluding NO2 is 2. The fraction of sp³-hybridized carbons (Fsp3) is 0.364. The minimum atomic E-state index is -0.392. The largest absolute Gasteiger partial charge is 0.504 e. The summed E-state index contributed by atoms with van der Waals surface area (Å²) in [5, 5.41) is 14.7. The Hall–Kier alpha value is -2.51. The highest BCUT2D eigenvalue weighted by molar-refractivity contribution is 5.68. The lowest BCUT2D eigenvalue weighted by Crippen LogP contribution is -2.05. The van der Waals surface area contributed by atoms with Gasteiger partial charge in [0.05, 0.1) is 13.2 Å². The summed E-state index contributed by atoms with van der Waals surface area (Å²) in [5.41, 5.74) is -0.484. The van der Waals surface area contributed by atoms with Gasteiger partial charge in [0.2, 0.25) is 0 Å². The van der Waals surface area contributed by atoms with Crippen molar-refractivity contribution in [1.29, 1.82) is 0 Å². The molecule has 0 bridgehead atoms. The van der Waals surface area contributed by atoms with Gasteiger partial charge in [0, 0.05) is 25.5 Å². The van der Waals surface area contributed by atoms with E-state index in [-0.39, 0.29) is 36.1 Å². The highest BCUT2D eigenvalue weighted by Gasteiger charge is 2.11. The molecule has 0 saturated heterocycles. The maximum absolute atomic E-state index is 10.5. The molecular weight excluding hydrogens is 256 g/mol. The van der Waals surface area contributed by atoms with Crippen LogP contribution in [0.3, 0.4) is 0 Å². The van der Waals surface area contributed by atoms with Crippen LogP contribution in [0.4, 0.5) is 11.4 Å². The lowest BCUT2D eigenvalue weighted by Gasteiger charge is -2.08. The van der Waals surface area contributed by atoms with Gasteiger partial charge in [-0.1, -0.05) is 0 Å². The number of ether oxygens (including phenoxy) is 2. The summed E-state index contributed by atoms with van der Waals surface area (Å²) in [6.45, 7) is 1.63. The van der Waals surface area contributed by atoms with Crippen LogP contribution in [0, 0.1) is 9.81 Å². The molecule has 0 heterocycles. The smallest absolute Gasteiger partial charge is 0.302 e. The zero-order valence-electron chi connectivity index (χ0n) is 10.2. The van der Waals surface area contributed by atoms with Crippen molar-refractivity contribution in [1.82, 2.24) is 0 Å². The fourth-order valence-electron chi connectivity index (χ4n) is 1.27. The van der Waals surface area contributed by atoms with Gasteiger partial charge in [-0.3, -0.25) is 4.79 Å². The van der Waals surface area contributed by atoms with Crippen molar-refractivity contribution in [2.75, 3.05) is 13.2 Å². The van der Waals surface area contributed by atoms with E-state index in [2.05, 4.69) is 15.1 Å². The van der Waals surface area contributed by atoms with Crippen molar-refractivity contribution in [2.45, 2.75) is 13.3 Å². The van der Waals surface area contributed by atoms with Gasteiger partial charge < -0.3 is 14.6 Å². The average molecular weight is 268 g/mol. The molecule has 0 saturated carbocycles. The fourth-order valence-corrected chi connectivity index (χ4v) is 1.27. The third kappa shape index (κ3) is 4.34. The topological polar surface area (TPSA) is 115 Å². The van der Waals surface area contributed by atoms with Crippen LogP contribution < -0.4 is 4.74 Å². The number of aromatic hydroxyl groups is 1. The summed E-state index contributed by atoms with van der Waals surface area (Å²) in [6, 6.07) is 2.11. The second-order valence-corrected chi connectivity index (χ2v) is 3.53. The summed E-state index contributed by atoms with van der Waals surface area (Å²) >= 11 is 0. The summed E-state index contributed by atoms with van der Waals surface area (Å²) in [7, 11) is 0. The zero-order chi connectivity index (χ0) is 14.3. The van der Waals surface area contributed by atoms with E-state index in [0.29, 0.717) is 6.42 Å². The summed E-state index contributed by atoms with van der Waals surface area (Å²) in [6.07, 6.45) is 0.413. The van der Waals surface area contributed by atoms with Crippen LogP contribution in [0.2, 0.25) is 0 Å². The molecule has 102 valence electrons. The Morgan fingerprint density at radius 1 is 1.21 bits per heavy atom. The van der Waals surface area contributed by atoms with E-state index in [1.807, 2.05) is 0 Å². The molecule has 8 nitrogen and oxygen atoms in total. The second kappa shape index (κ2) is 7.04. The van der Waals surface area contributed by atoms with Gasteiger partial charge >= 0.3 is 5.97 Å². The molecule has 0 aromatic heterocycles. The van der Waals surface area contributed by atoms with Crippen molar-refractivity contribution >= 4 is 17.3 Å². The van der Waals surface area contributed by atoms with Crippen molar-refractivity contribution in [2.24, 2.45) is 10.4 Å². The Morgan fingerprint density at radius 2 is 1.84 bits per heavy atom. The van der Waals surface area contributed by atoms with Crippen molar-refractivity contribution in [3.63, 3.8) is 0 Å². The van der Waals surface area contributed by atoms with Gasteiger partial charge in [-0.2, -0.15) is 0 Å². The zero-order valence-corrected chi connectivity index (χ0v) is 10.2. The summed E-state index contributed by atoms with van der Waals surface area (Å²) in [4.78, 5) is 31.3. The van der Waals surface area contributed by atoms with Crippen molar-refractivity contribution in [3.05, 3.63) is 21.9 Å². The van der Waals surface area contributed by atoms with Crippen LogP contribution in [-0.2, 0) is 9.53 Å². The Labute approximate surface area is 108 Å². The van der Waals surface area contributed by atoms with Gasteiger partial charge in [-0.05, 0) is 10.4 Å². The second-order valence-electron chi connectivity index (χ2n) is 3.53. The number of phenols is 1. The number of nitrogens with zero attached hydrogens (tertiary/aromatic N) is 2. The number of hydrogen-bond donors (Lipinski definition) is 1. The van der Waals surface area contributed by atoms with Gasteiger partial charge in [0.15, 0.2) is 11.5 Å². The van der Waals surface area contributed by atoms with E-state index in [9.17, 15) is 19.7 Å². The molecule has 0 amide bonds. The van der Waals surface area contributed by atoms with Crippen LogP contribution in [-0.4, -0.2) is 24.3 Å². The standard InChI is InChI=1S/C11H12N2O6/c1-7(14)18-3-2-4-19-11-6-9(13-17)8(12-16)5-10(11)15/h5-6,15H,2-4H2,1H3. The minimum absolute atomic E-state index is 0.00447. The quantitative estimate of drug-likeness (QED) is 0.461. The summed E-state index contributed by atoms with van der Waals surface area (Å²) in [5.74, 6) is -0.712. The van der Waals surface area contributed by atoms with Crippen LogP contribution in [0.15, 0.2) is 22.5 Å². The van der Waals surface area contributed by atoms with Crippen LogP contribution >= 0.6 is 0 Å². The Balaban J connectivity index is 2.61. The van der Waals surface area contributed by atoms with Gasteiger partial charge in [0.25, 0.3) is 0 Å². The first-order valence-corrected chi connectivity index (χ1v) is 5.38. The molecule has 0 atom stereocenters. The predicted molar refractivity (Wildman–Crippen MR) is 65.8 cm³/mol. The lowest BCUT2D eigenvalue weighted by molar-refractivity contribution is -0.141. The van der Waals surface area contributed by atoms with Crippen molar-refractivity contribution in [3.8, 4) is 11.5 Å². The van der Waals surface area contributed by atoms with Gasteiger partial charge in [0.1, 0.15) is 11.4 Å². The molecule has 0 radical (unpaired) electrons. The van der Waals surface area contributed by atoms with Crippen LogP contribution in [0.1, 0.15) is 13.3 Å². The molecule has 0 fully saturated rings. The van der Waals surface area contributed by atoms with Crippen molar-refractivity contribution < 1.29 is 19.4 Å². The molecule has 0 aliphatic carbocycles. The highest BCUT2D eigenvalue weighted by Crippen LogP contribution is 2.38. The van der Waals surface area contributed by atoms with E-state index in [1.54, 1.807) is 0 Å². The number of esters is 1. The number of phenolic OH excluding ortho intramolecular Hbond substituents is 1. The monoisotopic (exact) mass is 268 g/mol. The normalized spacial score (nSPS) is 9.74. The Kier molecular flexibility index (Phi) is 5.39. The molecule has 1 N–H and O–H groups in total. The molecule has 19 heavy (non-hydrogen) atoms. The van der Waals surface area contributed by atoms with Gasteiger partial charge in [-0.25, -0.2) is 0 Å². The van der Waals surface area contributed by atoms with E-state index in [1.165, 1.54) is 6.92 Å². The average Bonchev–Trinajstić information content (AvgIpc) is 2.39.